The molecule has 0 saturated carbocycles. The van der Waals surface area contributed by atoms with Crippen LogP contribution >= 0.6 is 0 Å². The summed E-state index contributed by atoms with van der Waals surface area (Å²) in [6.07, 6.45) is 2.39. The third-order valence-electron chi connectivity index (χ3n) is 5.27. The zero-order valence-electron chi connectivity index (χ0n) is 15.8. The number of para-hydroxylation sites is 2. The molecule has 0 radical (unpaired) electrons. The Bertz CT molecular complexity index is 997. The zero-order valence-corrected chi connectivity index (χ0v) is 15.8. The summed E-state index contributed by atoms with van der Waals surface area (Å²) in [4.78, 5) is 21.3. The first-order valence-corrected chi connectivity index (χ1v) is 9.16. The van der Waals surface area contributed by atoms with E-state index in [0.717, 1.165) is 28.9 Å². The molecular formula is C20H23N5O2. The highest BCUT2D eigenvalue weighted by Crippen LogP contribution is 2.37. The van der Waals surface area contributed by atoms with Crippen molar-refractivity contribution in [2.75, 3.05) is 13.2 Å². The topological polar surface area (TPSA) is 81.9 Å². The van der Waals surface area contributed by atoms with Gasteiger partial charge in [-0.05, 0) is 32.4 Å². The summed E-state index contributed by atoms with van der Waals surface area (Å²) in [5, 5.41) is 7.49. The molecule has 1 aromatic carbocycles. The van der Waals surface area contributed by atoms with Gasteiger partial charge in [-0.1, -0.05) is 12.1 Å². The molecule has 1 saturated heterocycles. The Morgan fingerprint density at radius 3 is 2.81 bits per heavy atom. The molecule has 1 aliphatic heterocycles. The third kappa shape index (κ3) is 3.30. The number of hydrogen-bond acceptors (Lipinski definition) is 5. The van der Waals surface area contributed by atoms with Crippen molar-refractivity contribution in [3.63, 3.8) is 0 Å². The van der Waals surface area contributed by atoms with Gasteiger partial charge in [-0.25, -0.2) is 4.98 Å². The molecule has 7 heteroatoms. The molecule has 1 N–H and O–H groups in total. The second-order valence-electron chi connectivity index (χ2n) is 7.00. The largest absolute Gasteiger partial charge is 0.373 e. The minimum absolute atomic E-state index is 0.0401. The van der Waals surface area contributed by atoms with Gasteiger partial charge < -0.3 is 10.1 Å². The molecular weight excluding hydrogens is 342 g/mol. The molecule has 0 spiro atoms. The number of rotatable bonds is 4. The van der Waals surface area contributed by atoms with Crippen molar-refractivity contribution in [2.24, 2.45) is 13.0 Å². The Kier molecular flexibility index (Phi) is 4.61. The first-order valence-electron chi connectivity index (χ1n) is 9.16. The smallest absolute Gasteiger partial charge is 0.271 e. The number of aryl methyl sites for hydroxylation is 2. The van der Waals surface area contributed by atoms with Gasteiger partial charge in [0.2, 0.25) is 0 Å². The van der Waals surface area contributed by atoms with Crippen LogP contribution in [0.1, 0.15) is 40.0 Å². The molecule has 3 aromatic rings. The molecule has 27 heavy (non-hydrogen) atoms. The van der Waals surface area contributed by atoms with Crippen LogP contribution in [0.2, 0.25) is 0 Å². The van der Waals surface area contributed by atoms with Gasteiger partial charge in [-0.15, -0.1) is 0 Å². The number of ether oxygens (including phenoxy) is 1. The average molecular weight is 365 g/mol. The lowest BCUT2D eigenvalue weighted by molar-refractivity contribution is 0.0838. The predicted molar refractivity (Wildman–Crippen MR) is 101 cm³/mol. The van der Waals surface area contributed by atoms with E-state index < -0.39 is 0 Å². The van der Waals surface area contributed by atoms with E-state index in [-0.39, 0.29) is 17.9 Å². The Hall–Kier alpha value is -2.80. The number of benzene rings is 1. The lowest BCUT2D eigenvalue weighted by Crippen LogP contribution is -2.31. The quantitative estimate of drug-likeness (QED) is 0.768. The lowest BCUT2D eigenvalue weighted by Gasteiger charge is -2.19. The standard InChI is InChI=1S/C20H23N5O2/c1-12-18(13(2)25(3)24-12)19-14(8-9-27-19)10-22-20(26)17-11-21-15-6-4-5-7-16(15)23-17/h4-7,11,14,19H,8-10H2,1-3H3,(H,22,26)/t14-,19+/m0/s1. The first kappa shape index (κ1) is 17.6. The van der Waals surface area contributed by atoms with Gasteiger partial charge in [-0.3, -0.25) is 14.5 Å². The molecule has 1 aliphatic rings. The molecule has 1 amide bonds. The van der Waals surface area contributed by atoms with E-state index in [1.807, 2.05) is 42.9 Å². The molecule has 0 bridgehead atoms. The van der Waals surface area contributed by atoms with Crippen molar-refractivity contribution in [3.05, 3.63) is 53.1 Å². The van der Waals surface area contributed by atoms with Crippen LogP contribution in [0.5, 0.6) is 0 Å². The minimum Gasteiger partial charge on any atom is -0.373 e. The lowest BCUT2D eigenvalue weighted by atomic mass is 9.94. The van der Waals surface area contributed by atoms with Crippen LogP contribution in [0.3, 0.4) is 0 Å². The summed E-state index contributed by atoms with van der Waals surface area (Å²) in [6, 6.07) is 7.52. The van der Waals surface area contributed by atoms with Crippen molar-refractivity contribution in [1.82, 2.24) is 25.1 Å². The van der Waals surface area contributed by atoms with E-state index in [2.05, 4.69) is 27.3 Å². The molecule has 1 fully saturated rings. The number of carbonyl (C=O) groups excluding carboxylic acids is 1. The highest BCUT2D eigenvalue weighted by molar-refractivity contribution is 5.93. The number of carbonyl (C=O) groups is 1. The van der Waals surface area contributed by atoms with Crippen LogP contribution in [0, 0.1) is 19.8 Å². The van der Waals surface area contributed by atoms with Crippen molar-refractivity contribution >= 4 is 16.9 Å². The fourth-order valence-electron chi connectivity index (χ4n) is 3.74. The monoisotopic (exact) mass is 365 g/mol. The summed E-state index contributed by atoms with van der Waals surface area (Å²) < 4.78 is 7.87. The summed E-state index contributed by atoms with van der Waals surface area (Å²) >= 11 is 0. The maximum atomic E-state index is 12.6. The zero-order chi connectivity index (χ0) is 19.0. The van der Waals surface area contributed by atoms with E-state index in [1.165, 1.54) is 6.20 Å². The van der Waals surface area contributed by atoms with Crippen LogP contribution in [0.15, 0.2) is 30.5 Å². The number of aromatic nitrogens is 4. The minimum atomic E-state index is -0.210. The molecule has 140 valence electrons. The van der Waals surface area contributed by atoms with Crippen molar-refractivity contribution in [2.45, 2.75) is 26.4 Å². The summed E-state index contributed by atoms with van der Waals surface area (Å²) in [5.74, 6) is 0.00231. The molecule has 2 atom stereocenters. The number of hydrogen-bond donors (Lipinski definition) is 1. The van der Waals surface area contributed by atoms with E-state index in [4.69, 9.17) is 4.74 Å². The molecule has 0 aliphatic carbocycles. The number of amides is 1. The normalized spacial score (nSPS) is 19.5. The molecule has 3 heterocycles. The number of nitrogens with one attached hydrogen (secondary N) is 1. The summed E-state index contributed by atoms with van der Waals surface area (Å²) in [7, 11) is 1.94. The molecule has 7 nitrogen and oxygen atoms in total. The van der Waals surface area contributed by atoms with Crippen molar-refractivity contribution in [1.29, 1.82) is 0 Å². The van der Waals surface area contributed by atoms with E-state index in [0.29, 0.717) is 24.4 Å². The number of fused-ring (bicyclic) bond motifs is 1. The molecule has 4 rings (SSSR count). The van der Waals surface area contributed by atoms with Crippen LogP contribution in [-0.4, -0.2) is 38.8 Å². The molecule has 2 aromatic heterocycles. The van der Waals surface area contributed by atoms with Crippen molar-refractivity contribution in [3.8, 4) is 0 Å². The second kappa shape index (κ2) is 7.08. The van der Waals surface area contributed by atoms with Crippen LogP contribution in [0.4, 0.5) is 0 Å². The second-order valence-corrected chi connectivity index (χ2v) is 7.00. The van der Waals surface area contributed by atoms with Gasteiger partial charge >= 0.3 is 0 Å². The van der Waals surface area contributed by atoms with Gasteiger partial charge in [0.15, 0.2) is 0 Å². The predicted octanol–water partition coefficient (Wildman–Crippen LogP) is 2.49. The fraction of sp³-hybridized carbons (Fsp3) is 0.400. The van der Waals surface area contributed by atoms with E-state index in [1.54, 1.807) is 0 Å². The van der Waals surface area contributed by atoms with Crippen molar-refractivity contribution < 1.29 is 9.53 Å². The Morgan fingerprint density at radius 2 is 2.07 bits per heavy atom. The Balaban J connectivity index is 1.47. The van der Waals surface area contributed by atoms with E-state index in [9.17, 15) is 4.79 Å². The van der Waals surface area contributed by atoms with Crippen LogP contribution in [-0.2, 0) is 11.8 Å². The number of nitrogens with zero attached hydrogens (tertiary/aromatic N) is 4. The third-order valence-corrected chi connectivity index (χ3v) is 5.27. The first-order chi connectivity index (χ1) is 13.0. The van der Waals surface area contributed by atoms with E-state index >= 15 is 0 Å². The highest BCUT2D eigenvalue weighted by Gasteiger charge is 2.33. The maximum absolute atomic E-state index is 12.6. The summed E-state index contributed by atoms with van der Waals surface area (Å²) in [5.41, 5.74) is 5.06. The van der Waals surface area contributed by atoms with Gasteiger partial charge in [-0.2, -0.15) is 5.10 Å². The highest BCUT2D eigenvalue weighted by atomic mass is 16.5. The van der Waals surface area contributed by atoms with Crippen LogP contribution in [0.25, 0.3) is 11.0 Å². The van der Waals surface area contributed by atoms with Gasteiger partial charge in [0.1, 0.15) is 5.69 Å². The van der Waals surface area contributed by atoms with Gasteiger partial charge in [0, 0.05) is 37.4 Å². The molecule has 0 unspecified atom stereocenters. The van der Waals surface area contributed by atoms with Gasteiger partial charge in [0.25, 0.3) is 5.91 Å². The maximum Gasteiger partial charge on any atom is 0.271 e. The average Bonchev–Trinajstić information content (AvgIpc) is 3.23. The summed E-state index contributed by atoms with van der Waals surface area (Å²) in [6.45, 7) is 5.28. The Labute approximate surface area is 157 Å². The SMILES string of the molecule is Cc1nn(C)c(C)c1[C@@H]1OCC[C@H]1CNC(=O)c1cnc2ccccc2n1. The Morgan fingerprint density at radius 1 is 1.30 bits per heavy atom. The van der Waals surface area contributed by atoms with Crippen LogP contribution < -0.4 is 5.32 Å². The fourth-order valence-corrected chi connectivity index (χ4v) is 3.74. The van der Waals surface area contributed by atoms with Gasteiger partial charge in [0.05, 0.1) is 29.0 Å².